The molecule has 1 aliphatic heterocycles. The van der Waals surface area contributed by atoms with Crippen LogP contribution < -0.4 is 9.64 Å². The lowest BCUT2D eigenvalue weighted by molar-refractivity contribution is -0.145. The Bertz CT molecular complexity index is 935. The lowest BCUT2D eigenvalue weighted by Crippen LogP contribution is -2.52. The maximum Gasteiger partial charge on any atom is 0.414 e. The van der Waals surface area contributed by atoms with Crippen LogP contribution in [0.5, 0.6) is 5.75 Å². The largest absolute Gasteiger partial charge is 0.449 e. The number of para-hydroxylation sites is 2. The number of allylic oxidation sites excluding steroid dienone is 1. The number of nitriles is 1. The molecular weight excluding hydrogens is 356 g/mol. The van der Waals surface area contributed by atoms with Crippen molar-refractivity contribution in [1.82, 2.24) is 0 Å². The molecule has 1 amide bonds. The molecular formula is C22H20N2O4. The second kappa shape index (κ2) is 7.97. The molecule has 0 radical (unpaired) electrons. The minimum absolute atomic E-state index is 0.0179. The summed E-state index contributed by atoms with van der Waals surface area (Å²) in [5.74, 6) is -0.401. The fraction of sp³-hybridized carbons (Fsp3) is 0.227. The molecule has 0 aliphatic carbocycles. The minimum atomic E-state index is -1.65. The summed E-state index contributed by atoms with van der Waals surface area (Å²) in [6, 6.07) is 16.9. The van der Waals surface area contributed by atoms with Gasteiger partial charge in [-0.15, -0.1) is 6.58 Å². The summed E-state index contributed by atoms with van der Waals surface area (Å²) in [4.78, 5) is 27.3. The van der Waals surface area contributed by atoms with Gasteiger partial charge in [0, 0.05) is 11.3 Å². The Morgan fingerprint density at radius 1 is 1.29 bits per heavy atom. The predicted molar refractivity (Wildman–Crippen MR) is 104 cm³/mol. The van der Waals surface area contributed by atoms with Crippen LogP contribution >= 0.6 is 0 Å². The maximum absolute atomic E-state index is 13.0. The van der Waals surface area contributed by atoms with E-state index in [4.69, 9.17) is 9.47 Å². The Balaban J connectivity index is 2.29. The highest BCUT2D eigenvalue weighted by molar-refractivity contribution is 5.94. The molecule has 2 aromatic rings. The van der Waals surface area contributed by atoms with Crippen LogP contribution in [0.2, 0.25) is 0 Å². The zero-order valence-electron chi connectivity index (χ0n) is 15.5. The fourth-order valence-electron chi connectivity index (χ4n) is 3.44. The molecule has 0 spiro atoms. The Morgan fingerprint density at radius 2 is 1.96 bits per heavy atom. The van der Waals surface area contributed by atoms with Gasteiger partial charge in [-0.05, 0) is 31.5 Å². The topological polar surface area (TPSA) is 79.6 Å². The number of hydrogen-bond donors (Lipinski definition) is 0. The van der Waals surface area contributed by atoms with E-state index in [0.717, 1.165) is 0 Å². The Hall–Kier alpha value is -3.59. The summed E-state index contributed by atoms with van der Waals surface area (Å²) >= 11 is 0. The van der Waals surface area contributed by atoms with Crippen molar-refractivity contribution >= 4 is 17.7 Å². The average Bonchev–Trinajstić information content (AvgIpc) is 2.71. The first kappa shape index (κ1) is 19.2. The van der Waals surface area contributed by atoms with Gasteiger partial charge in [-0.2, -0.15) is 5.26 Å². The minimum Gasteiger partial charge on any atom is -0.449 e. The molecule has 0 saturated heterocycles. The van der Waals surface area contributed by atoms with Gasteiger partial charge in [0.25, 0.3) is 0 Å². The smallest absolute Gasteiger partial charge is 0.414 e. The van der Waals surface area contributed by atoms with Crippen LogP contribution in [0.1, 0.15) is 24.9 Å². The number of fused-ring (bicyclic) bond motifs is 1. The van der Waals surface area contributed by atoms with Crippen LogP contribution in [-0.2, 0) is 9.53 Å². The maximum atomic E-state index is 13.0. The number of nitrogens with zero attached hydrogens (tertiary/aromatic N) is 2. The molecule has 6 nitrogen and oxygen atoms in total. The lowest BCUT2D eigenvalue weighted by Gasteiger charge is -2.42. The van der Waals surface area contributed by atoms with E-state index in [0.29, 0.717) is 17.0 Å². The predicted octanol–water partition coefficient (Wildman–Crippen LogP) is 4.40. The van der Waals surface area contributed by atoms with Crippen LogP contribution in [-0.4, -0.2) is 18.7 Å². The van der Waals surface area contributed by atoms with E-state index >= 15 is 0 Å². The van der Waals surface area contributed by atoms with Crippen molar-refractivity contribution < 1.29 is 19.1 Å². The summed E-state index contributed by atoms with van der Waals surface area (Å²) in [7, 11) is 0. The quantitative estimate of drug-likeness (QED) is 0.439. The molecule has 0 aromatic heterocycles. The van der Waals surface area contributed by atoms with Gasteiger partial charge in [-0.1, -0.05) is 42.5 Å². The molecule has 3 rings (SSSR count). The van der Waals surface area contributed by atoms with Crippen LogP contribution in [0.25, 0.3) is 0 Å². The van der Waals surface area contributed by atoms with Gasteiger partial charge in [0.15, 0.2) is 5.41 Å². The van der Waals surface area contributed by atoms with E-state index in [1.165, 1.54) is 11.0 Å². The second-order valence-electron chi connectivity index (χ2n) is 6.31. The first-order valence-electron chi connectivity index (χ1n) is 8.93. The number of amides is 1. The molecule has 0 N–H and O–H groups in total. The number of esters is 1. The second-order valence-corrected chi connectivity index (χ2v) is 6.31. The standard InChI is InChI=1S/C22H20N2O4/c1-3-14-22(15-23)19(17-12-8-9-13-18(17)28-20(22)25)24(21(26)27-4-2)16-10-6-5-7-11-16/h3,5-13,19H,1,4,14H2,2H3/t19-,22-/m1/s1. The molecule has 2 aromatic carbocycles. The number of benzene rings is 2. The summed E-state index contributed by atoms with van der Waals surface area (Å²) in [6.45, 7) is 5.55. The van der Waals surface area contributed by atoms with Gasteiger partial charge in [-0.3, -0.25) is 4.90 Å². The zero-order chi connectivity index (χ0) is 20.1. The van der Waals surface area contributed by atoms with Gasteiger partial charge >= 0.3 is 12.1 Å². The van der Waals surface area contributed by atoms with E-state index in [1.54, 1.807) is 55.5 Å². The highest BCUT2D eigenvalue weighted by Crippen LogP contribution is 2.50. The third-order valence-corrected chi connectivity index (χ3v) is 4.67. The molecule has 2 atom stereocenters. The molecule has 1 heterocycles. The third-order valence-electron chi connectivity index (χ3n) is 4.67. The van der Waals surface area contributed by atoms with Crippen molar-refractivity contribution in [2.75, 3.05) is 11.5 Å². The summed E-state index contributed by atoms with van der Waals surface area (Å²) < 4.78 is 10.7. The highest BCUT2D eigenvalue weighted by Gasteiger charge is 2.56. The van der Waals surface area contributed by atoms with Gasteiger partial charge < -0.3 is 9.47 Å². The number of carbonyl (C=O) groups excluding carboxylic acids is 2. The first-order chi connectivity index (χ1) is 13.6. The SMILES string of the molecule is C=CC[C@]1(C#N)C(=O)Oc2ccccc2[C@H]1N(C(=O)OCC)c1ccccc1. The summed E-state index contributed by atoms with van der Waals surface area (Å²) in [6.07, 6.45) is 0.857. The van der Waals surface area contributed by atoms with Crippen molar-refractivity contribution in [3.63, 3.8) is 0 Å². The van der Waals surface area contributed by atoms with Crippen molar-refractivity contribution in [3.05, 3.63) is 72.8 Å². The normalized spacial score (nSPS) is 20.3. The molecule has 1 aliphatic rings. The third kappa shape index (κ3) is 3.12. The summed E-state index contributed by atoms with van der Waals surface area (Å²) in [5, 5.41) is 10.1. The molecule has 0 saturated carbocycles. The molecule has 142 valence electrons. The number of anilines is 1. The Morgan fingerprint density at radius 3 is 2.61 bits per heavy atom. The Labute approximate surface area is 163 Å². The molecule has 28 heavy (non-hydrogen) atoms. The average molecular weight is 376 g/mol. The molecule has 0 fully saturated rings. The fourth-order valence-corrected chi connectivity index (χ4v) is 3.44. The van der Waals surface area contributed by atoms with Crippen molar-refractivity contribution in [2.24, 2.45) is 5.41 Å². The molecule has 0 bridgehead atoms. The Kier molecular flexibility index (Phi) is 5.46. The number of carbonyl (C=O) groups is 2. The monoisotopic (exact) mass is 376 g/mol. The van der Waals surface area contributed by atoms with Crippen LogP contribution in [0.15, 0.2) is 67.3 Å². The lowest BCUT2D eigenvalue weighted by atomic mass is 9.72. The van der Waals surface area contributed by atoms with E-state index in [9.17, 15) is 14.9 Å². The van der Waals surface area contributed by atoms with E-state index in [-0.39, 0.29) is 13.0 Å². The van der Waals surface area contributed by atoms with Crippen LogP contribution in [0, 0.1) is 16.7 Å². The zero-order valence-corrected chi connectivity index (χ0v) is 15.5. The van der Waals surface area contributed by atoms with Crippen molar-refractivity contribution in [1.29, 1.82) is 5.26 Å². The number of ether oxygens (including phenoxy) is 2. The van der Waals surface area contributed by atoms with Gasteiger partial charge in [-0.25, -0.2) is 9.59 Å². The number of hydrogen-bond acceptors (Lipinski definition) is 5. The van der Waals surface area contributed by atoms with Gasteiger partial charge in [0.05, 0.1) is 18.7 Å². The van der Waals surface area contributed by atoms with Gasteiger partial charge in [0.2, 0.25) is 0 Å². The first-order valence-corrected chi connectivity index (χ1v) is 8.93. The van der Waals surface area contributed by atoms with E-state index in [2.05, 4.69) is 12.6 Å². The van der Waals surface area contributed by atoms with E-state index in [1.807, 2.05) is 6.07 Å². The van der Waals surface area contributed by atoms with E-state index < -0.39 is 23.5 Å². The van der Waals surface area contributed by atoms with Crippen LogP contribution in [0.4, 0.5) is 10.5 Å². The van der Waals surface area contributed by atoms with Gasteiger partial charge in [0.1, 0.15) is 5.75 Å². The van der Waals surface area contributed by atoms with Crippen molar-refractivity contribution in [3.8, 4) is 11.8 Å². The number of rotatable bonds is 5. The van der Waals surface area contributed by atoms with Crippen LogP contribution in [0.3, 0.4) is 0 Å². The van der Waals surface area contributed by atoms with Crippen molar-refractivity contribution in [2.45, 2.75) is 19.4 Å². The molecule has 0 unspecified atom stereocenters. The highest BCUT2D eigenvalue weighted by atomic mass is 16.6. The summed E-state index contributed by atoms with van der Waals surface area (Å²) in [5.41, 5.74) is -0.583. The molecule has 6 heteroatoms.